The molecule has 1 aromatic heterocycles. The van der Waals surface area contributed by atoms with Gasteiger partial charge in [0.2, 0.25) is 0 Å². The van der Waals surface area contributed by atoms with Crippen LogP contribution in [-0.2, 0) is 0 Å². The molecule has 0 aliphatic carbocycles. The van der Waals surface area contributed by atoms with Gasteiger partial charge in [0.1, 0.15) is 5.82 Å². The highest BCUT2D eigenvalue weighted by atomic mass is 35.5. The van der Waals surface area contributed by atoms with Gasteiger partial charge in [-0.05, 0) is 30.3 Å². The molecule has 1 aromatic carbocycles. The van der Waals surface area contributed by atoms with Crippen LogP contribution in [0.1, 0.15) is 10.4 Å². The third-order valence-electron chi connectivity index (χ3n) is 2.35. The molecule has 1 heterocycles. The Morgan fingerprint density at radius 1 is 1.28 bits per heavy atom. The van der Waals surface area contributed by atoms with Crippen molar-refractivity contribution < 1.29 is 4.79 Å². The van der Waals surface area contributed by atoms with E-state index in [1.165, 1.54) is 0 Å². The van der Waals surface area contributed by atoms with E-state index in [0.29, 0.717) is 16.4 Å². The lowest BCUT2D eigenvalue weighted by Crippen LogP contribution is -2.17. The minimum Gasteiger partial charge on any atom is -0.355 e. The fourth-order valence-corrected chi connectivity index (χ4v) is 1.66. The number of carbonyl (C=O) groups is 1. The third-order valence-corrected chi connectivity index (χ3v) is 2.58. The molecule has 0 aliphatic heterocycles. The SMILES string of the molecule is CNC(=O)c1cccc(Nc2cc(Cl)ccn2)c1. The lowest BCUT2D eigenvalue weighted by atomic mass is 10.2. The summed E-state index contributed by atoms with van der Waals surface area (Å²) in [6.45, 7) is 0. The Hall–Kier alpha value is -2.07. The van der Waals surface area contributed by atoms with E-state index >= 15 is 0 Å². The number of nitrogens with one attached hydrogen (secondary N) is 2. The van der Waals surface area contributed by atoms with Gasteiger partial charge in [-0.25, -0.2) is 4.98 Å². The van der Waals surface area contributed by atoms with E-state index in [-0.39, 0.29) is 5.91 Å². The number of carbonyl (C=O) groups excluding carboxylic acids is 1. The van der Waals surface area contributed by atoms with Crippen LogP contribution in [-0.4, -0.2) is 17.9 Å². The monoisotopic (exact) mass is 261 g/mol. The standard InChI is InChI=1S/C13H12ClN3O/c1-15-13(18)9-3-2-4-11(7-9)17-12-8-10(14)5-6-16-12/h2-8H,1H3,(H,15,18)(H,16,17). The van der Waals surface area contributed by atoms with Crippen molar-refractivity contribution >= 4 is 29.0 Å². The predicted molar refractivity (Wildman–Crippen MR) is 72.4 cm³/mol. The summed E-state index contributed by atoms with van der Waals surface area (Å²) in [5, 5.41) is 6.27. The second-order valence-electron chi connectivity index (χ2n) is 3.64. The lowest BCUT2D eigenvalue weighted by molar-refractivity contribution is 0.0963. The van der Waals surface area contributed by atoms with Crippen molar-refractivity contribution in [1.29, 1.82) is 0 Å². The quantitative estimate of drug-likeness (QED) is 0.893. The second kappa shape index (κ2) is 5.51. The zero-order valence-electron chi connectivity index (χ0n) is 9.77. The van der Waals surface area contributed by atoms with E-state index in [0.717, 1.165) is 5.69 Å². The van der Waals surface area contributed by atoms with Crippen LogP contribution in [0.2, 0.25) is 5.02 Å². The molecule has 0 atom stereocenters. The highest BCUT2D eigenvalue weighted by Gasteiger charge is 2.04. The van der Waals surface area contributed by atoms with E-state index in [2.05, 4.69) is 15.6 Å². The van der Waals surface area contributed by atoms with Crippen molar-refractivity contribution in [2.45, 2.75) is 0 Å². The summed E-state index contributed by atoms with van der Waals surface area (Å²) in [5.41, 5.74) is 1.37. The minimum atomic E-state index is -0.127. The van der Waals surface area contributed by atoms with Crippen LogP contribution in [0.25, 0.3) is 0 Å². The van der Waals surface area contributed by atoms with Crippen LogP contribution < -0.4 is 10.6 Å². The maximum Gasteiger partial charge on any atom is 0.251 e. The molecule has 0 spiro atoms. The molecule has 0 radical (unpaired) electrons. The van der Waals surface area contributed by atoms with Crippen molar-refractivity contribution in [2.24, 2.45) is 0 Å². The zero-order valence-corrected chi connectivity index (χ0v) is 10.5. The summed E-state index contributed by atoms with van der Waals surface area (Å²) in [7, 11) is 1.60. The summed E-state index contributed by atoms with van der Waals surface area (Å²) >= 11 is 5.87. The van der Waals surface area contributed by atoms with Gasteiger partial charge in [0.25, 0.3) is 5.91 Å². The molecular weight excluding hydrogens is 250 g/mol. The molecule has 92 valence electrons. The van der Waals surface area contributed by atoms with Crippen LogP contribution in [0.4, 0.5) is 11.5 Å². The van der Waals surface area contributed by atoms with Gasteiger partial charge in [-0.1, -0.05) is 17.7 Å². The Morgan fingerprint density at radius 3 is 2.83 bits per heavy atom. The highest BCUT2D eigenvalue weighted by molar-refractivity contribution is 6.30. The Balaban J connectivity index is 2.22. The fourth-order valence-electron chi connectivity index (χ4n) is 1.50. The van der Waals surface area contributed by atoms with Crippen molar-refractivity contribution in [3.05, 3.63) is 53.2 Å². The van der Waals surface area contributed by atoms with Gasteiger partial charge in [-0.15, -0.1) is 0 Å². The van der Waals surface area contributed by atoms with Crippen LogP contribution in [0, 0.1) is 0 Å². The highest BCUT2D eigenvalue weighted by Crippen LogP contribution is 2.18. The van der Waals surface area contributed by atoms with E-state index < -0.39 is 0 Å². The van der Waals surface area contributed by atoms with E-state index in [1.54, 1.807) is 43.6 Å². The number of amides is 1. The summed E-state index contributed by atoms with van der Waals surface area (Å²) in [5.74, 6) is 0.509. The van der Waals surface area contributed by atoms with Crippen molar-refractivity contribution in [3.8, 4) is 0 Å². The summed E-state index contributed by atoms with van der Waals surface area (Å²) in [6, 6.07) is 10.6. The first-order valence-electron chi connectivity index (χ1n) is 5.40. The van der Waals surface area contributed by atoms with Gasteiger partial charge in [0.05, 0.1) is 0 Å². The molecule has 1 amide bonds. The molecular formula is C13H12ClN3O. The molecule has 0 fully saturated rings. The third kappa shape index (κ3) is 2.99. The maximum atomic E-state index is 11.5. The summed E-state index contributed by atoms with van der Waals surface area (Å²) in [6.07, 6.45) is 1.62. The number of hydrogen-bond donors (Lipinski definition) is 2. The number of benzene rings is 1. The molecule has 0 bridgehead atoms. The number of pyridine rings is 1. The average molecular weight is 262 g/mol. The van der Waals surface area contributed by atoms with Gasteiger partial charge in [0.15, 0.2) is 0 Å². The number of hydrogen-bond acceptors (Lipinski definition) is 3. The number of aromatic nitrogens is 1. The Morgan fingerprint density at radius 2 is 2.11 bits per heavy atom. The fraction of sp³-hybridized carbons (Fsp3) is 0.0769. The van der Waals surface area contributed by atoms with E-state index in [4.69, 9.17) is 11.6 Å². The van der Waals surface area contributed by atoms with E-state index in [9.17, 15) is 4.79 Å². The molecule has 2 rings (SSSR count). The number of anilines is 2. The summed E-state index contributed by atoms with van der Waals surface area (Å²) in [4.78, 5) is 15.6. The lowest BCUT2D eigenvalue weighted by Gasteiger charge is -2.07. The Labute approximate surface area is 110 Å². The smallest absolute Gasteiger partial charge is 0.251 e. The molecule has 18 heavy (non-hydrogen) atoms. The van der Waals surface area contributed by atoms with Gasteiger partial charge >= 0.3 is 0 Å². The van der Waals surface area contributed by atoms with Gasteiger partial charge in [-0.2, -0.15) is 0 Å². The van der Waals surface area contributed by atoms with E-state index in [1.807, 2.05) is 6.07 Å². The summed E-state index contributed by atoms with van der Waals surface area (Å²) < 4.78 is 0. The van der Waals surface area contributed by atoms with Crippen molar-refractivity contribution in [2.75, 3.05) is 12.4 Å². The van der Waals surface area contributed by atoms with Crippen LogP contribution in [0.15, 0.2) is 42.6 Å². The molecule has 5 heteroatoms. The first-order chi connectivity index (χ1) is 8.69. The van der Waals surface area contributed by atoms with Crippen LogP contribution in [0.5, 0.6) is 0 Å². The first kappa shape index (κ1) is 12.4. The number of rotatable bonds is 3. The number of nitrogens with zero attached hydrogens (tertiary/aromatic N) is 1. The zero-order chi connectivity index (χ0) is 13.0. The molecule has 2 aromatic rings. The molecule has 2 N–H and O–H groups in total. The molecule has 0 unspecified atom stereocenters. The predicted octanol–water partition coefficient (Wildman–Crippen LogP) is 2.84. The topological polar surface area (TPSA) is 54.0 Å². The Kier molecular flexibility index (Phi) is 3.79. The normalized spacial score (nSPS) is 9.89. The molecule has 0 aliphatic rings. The number of halogens is 1. The maximum absolute atomic E-state index is 11.5. The van der Waals surface area contributed by atoms with Crippen LogP contribution in [0.3, 0.4) is 0 Å². The molecule has 4 nitrogen and oxygen atoms in total. The largest absolute Gasteiger partial charge is 0.355 e. The van der Waals surface area contributed by atoms with Gasteiger partial charge in [-0.3, -0.25) is 4.79 Å². The minimum absolute atomic E-state index is 0.127. The first-order valence-corrected chi connectivity index (χ1v) is 5.77. The molecule has 0 saturated heterocycles. The Bertz CT molecular complexity index is 572. The van der Waals surface area contributed by atoms with Crippen molar-refractivity contribution in [1.82, 2.24) is 10.3 Å². The second-order valence-corrected chi connectivity index (χ2v) is 4.08. The van der Waals surface area contributed by atoms with Gasteiger partial charge < -0.3 is 10.6 Å². The van der Waals surface area contributed by atoms with Gasteiger partial charge in [0, 0.05) is 29.5 Å². The molecule has 0 saturated carbocycles. The average Bonchev–Trinajstić information content (AvgIpc) is 2.38. The van der Waals surface area contributed by atoms with Crippen LogP contribution >= 0.6 is 11.6 Å². The van der Waals surface area contributed by atoms with Crippen molar-refractivity contribution in [3.63, 3.8) is 0 Å².